The molecule has 0 bridgehead atoms. The van der Waals surface area contributed by atoms with Gasteiger partial charge in [-0.05, 0) is 36.2 Å². The van der Waals surface area contributed by atoms with Gasteiger partial charge in [-0.1, -0.05) is 36.3 Å². The number of benzene rings is 2. The van der Waals surface area contributed by atoms with E-state index < -0.39 is 5.92 Å². The second kappa shape index (κ2) is 7.87. The fourth-order valence-electron chi connectivity index (χ4n) is 3.48. The predicted molar refractivity (Wildman–Crippen MR) is 109 cm³/mol. The largest absolute Gasteiger partial charge is 0.339 e. The second-order valence-electron chi connectivity index (χ2n) is 7.14. The van der Waals surface area contributed by atoms with E-state index in [1.54, 1.807) is 11.8 Å². The predicted octanol–water partition coefficient (Wildman–Crippen LogP) is 3.60. The molecule has 0 radical (unpaired) electrons. The lowest BCUT2D eigenvalue weighted by molar-refractivity contribution is -0.122. The molecule has 1 saturated heterocycles. The van der Waals surface area contributed by atoms with Gasteiger partial charge in [0.1, 0.15) is 0 Å². The number of rotatable bonds is 5. The third kappa shape index (κ3) is 4.03. The van der Waals surface area contributed by atoms with Gasteiger partial charge in [0.25, 0.3) is 0 Å². The van der Waals surface area contributed by atoms with Crippen molar-refractivity contribution in [3.63, 3.8) is 0 Å². The Labute approximate surface area is 168 Å². The second-order valence-corrected chi connectivity index (χ2v) is 7.14. The van der Waals surface area contributed by atoms with Crippen molar-refractivity contribution in [1.82, 2.24) is 10.1 Å². The zero-order valence-electron chi connectivity index (χ0n) is 16.4. The number of hydrogen-bond acceptors (Lipinski definition) is 5. The number of amides is 2. The summed E-state index contributed by atoms with van der Waals surface area (Å²) in [6, 6.07) is 15.2. The highest BCUT2D eigenvalue weighted by atomic mass is 16.5. The van der Waals surface area contributed by atoms with Crippen LogP contribution in [0.15, 0.2) is 53.1 Å². The van der Waals surface area contributed by atoms with E-state index in [1.165, 1.54) is 0 Å². The smallest absolute Gasteiger partial charge is 0.229 e. The Hall–Kier alpha value is -3.48. The number of aryl methyl sites for hydroxylation is 2. The lowest BCUT2D eigenvalue weighted by Gasteiger charge is -2.17. The average Bonchev–Trinajstić information content (AvgIpc) is 3.34. The summed E-state index contributed by atoms with van der Waals surface area (Å²) in [5.41, 5.74) is 3.39. The molecule has 1 N–H and O–H groups in total. The number of carbonyl (C=O) groups excluding carboxylic acids is 2. The summed E-state index contributed by atoms with van der Waals surface area (Å²) >= 11 is 0. The van der Waals surface area contributed by atoms with Crippen LogP contribution >= 0.6 is 0 Å². The number of nitrogens with zero attached hydrogens (tertiary/aromatic N) is 3. The first kappa shape index (κ1) is 18.9. The monoisotopic (exact) mass is 390 g/mol. The Kier molecular flexibility index (Phi) is 5.12. The molecule has 1 atom stereocenters. The van der Waals surface area contributed by atoms with Gasteiger partial charge >= 0.3 is 0 Å². The molecule has 148 valence electrons. The molecular weight excluding hydrogens is 368 g/mol. The van der Waals surface area contributed by atoms with E-state index in [1.807, 2.05) is 48.5 Å². The van der Waals surface area contributed by atoms with Gasteiger partial charge in [-0.25, -0.2) is 0 Å². The molecule has 0 spiro atoms. The normalized spacial score (nSPS) is 16.3. The number of anilines is 2. The van der Waals surface area contributed by atoms with Crippen LogP contribution in [0.3, 0.4) is 0 Å². The molecule has 7 heteroatoms. The molecule has 0 aliphatic carbocycles. The summed E-state index contributed by atoms with van der Waals surface area (Å²) in [5, 5.41) is 6.86. The summed E-state index contributed by atoms with van der Waals surface area (Å²) in [7, 11) is 0. The molecule has 0 saturated carbocycles. The van der Waals surface area contributed by atoms with E-state index in [0.717, 1.165) is 28.9 Å². The summed E-state index contributed by atoms with van der Waals surface area (Å²) in [6.07, 6.45) is 1.08. The van der Waals surface area contributed by atoms with Gasteiger partial charge in [-0.2, -0.15) is 4.98 Å². The van der Waals surface area contributed by atoms with E-state index in [4.69, 9.17) is 4.52 Å². The maximum Gasteiger partial charge on any atom is 0.229 e. The fraction of sp³-hybridized carbons (Fsp3) is 0.273. The molecule has 1 aliphatic heterocycles. The molecule has 7 nitrogen and oxygen atoms in total. The lowest BCUT2D eigenvalue weighted by atomic mass is 10.1. The Bertz CT molecular complexity index is 1060. The standard InChI is InChI=1S/C22H22N4O3/c1-3-15-6-4-8-18(10-15)24-22(28)17-12-20(27)26(13-17)19-9-5-7-16(11-19)21-23-14(2)29-25-21/h4-11,17H,3,12-13H2,1-2H3,(H,24,28). The highest BCUT2D eigenvalue weighted by molar-refractivity contribution is 6.03. The minimum absolute atomic E-state index is 0.0751. The van der Waals surface area contributed by atoms with Crippen molar-refractivity contribution in [2.24, 2.45) is 5.92 Å². The molecule has 1 fully saturated rings. The first-order valence-corrected chi connectivity index (χ1v) is 9.64. The van der Waals surface area contributed by atoms with Crippen LogP contribution in [-0.2, 0) is 16.0 Å². The summed E-state index contributed by atoms with van der Waals surface area (Å²) in [4.78, 5) is 31.2. The molecule has 1 unspecified atom stereocenters. The van der Waals surface area contributed by atoms with E-state index in [-0.39, 0.29) is 18.2 Å². The molecule has 2 heterocycles. The quantitative estimate of drug-likeness (QED) is 0.719. The van der Waals surface area contributed by atoms with Crippen LogP contribution in [0.25, 0.3) is 11.4 Å². The van der Waals surface area contributed by atoms with Crippen molar-refractivity contribution in [1.29, 1.82) is 0 Å². The lowest BCUT2D eigenvalue weighted by Crippen LogP contribution is -2.28. The van der Waals surface area contributed by atoms with Crippen molar-refractivity contribution in [3.8, 4) is 11.4 Å². The van der Waals surface area contributed by atoms with E-state index in [9.17, 15) is 9.59 Å². The van der Waals surface area contributed by atoms with Crippen molar-refractivity contribution >= 4 is 23.2 Å². The third-order valence-corrected chi connectivity index (χ3v) is 5.04. The molecule has 2 amide bonds. The zero-order chi connectivity index (χ0) is 20.4. The van der Waals surface area contributed by atoms with E-state index in [2.05, 4.69) is 22.4 Å². The maximum absolute atomic E-state index is 12.7. The van der Waals surface area contributed by atoms with Crippen LogP contribution in [-0.4, -0.2) is 28.5 Å². The Morgan fingerprint density at radius 3 is 2.83 bits per heavy atom. The minimum atomic E-state index is -0.399. The Morgan fingerprint density at radius 1 is 1.24 bits per heavy atom. The van der Waals surface area contributed by atoms with Crippen LogP contribution < -0.4 is 10.2 Å². The summed E-state index contributed by atoms with van der Waals surface area (Å²) < 4.78 is 5.03. The minimum Gasteiger partial charge on any atom is -0.339 e. The van der Waals surface area contributed by atoms with E-state index >= 15 is 0 Å². The van der Waals surface area contributed by atoms with Crippen molar-refractivity contribution in [2.75, 3.05) is 16.8 Å². The topological polar surface area (TPSA) is 88.3 Å². The third-order valence-electron chi connectivity index (χ3n) is 5.04. The van der Waals surface area contributed by atoms with Gasteiger partial charge < -0.3 is 14.7 Å². The first-order valence-electron chi connectivity index (χ1n) is 9.64. The Morgan fingerprint density at radius 2 is 2.07 bits per heavy atom. The maximum atomic E-state index is 12.7. The van der Waals surface area contributed by atoms with Crippen LogP contribution in [0.4, 0.5) is 11.4 Å². The molecular formula is C22H22N4O3. The van der Waals surface area contributed by atoms with Crippen molar-refractivity contribution in [2.45, 2.75) is 26.7 Å². The first-order chi connectivity index (χ1) is 14.0. The SMILES string of the molecule is CCc1cccc(NC(=O)C2CC(=O)N(c3cccc(-c4noc(C)n4)c3)C2)c1. The number of hydrogen-bond donors (Lipinski definition) is 1. The molecule has 3 aromatic rings. The van der Waals surface area contributed by atoms with Crippen LogP contribution in [0, 0.1) is 12.8 Å². The molecule has 1 aromatic heterocycles. The van der Waals surface area contributed by atoms with Gasteiger partial charge in [0.15, 0.2) is 0 Å². The molecule has 29 heavy (non-hydrogen) atoms. The molecule has 4 rings (SSSR count). The number of nitrogens with one attached hydrogen (secondary N) is 1. The van der Waals surface area contributed by atoms with Gasteiger partial charge in [0.05, 0.1) is 5.92 Å². The average molecular weight is 390 g/mol. The van der Waals surface area contributed by atoms with E-state index in [0.29, 0.717) is 18.3 Å². The molecule has 2 aromatic carbocycles. The van der Waals surface area contributed by atoms with Crippen LogP contribution in [0.5, 0.6) is 0 Å². The van der Waals surface area contributed by atoms with Crippen molar-refractivity contribution < 1.29 is 14.1 Å². The summed E-state index contributed by atoms with van der Waals surface area (Å²) in [6.45, 7) is 4.13. The fourth-order valence-corrected chi connectivity index (χ4v) is 3.48. The number of carbonyl (C=O) groups is 2. The van der Waals surface area contributed by atoms with Crippen LogP contribution in [0.2, 0.25) is 0 Å². The van der Waals surface area contributed by atoms with Crippen LogP contribution in [0.1, 0.15) is 24.8 Å². The van der Waals surface area contributed by atoms with Gasteiger partial charge in [0.2, 0.25) is 23.5 Å². The van der Waals surface area contributed by atoms with Gasteiger partial charge in [0, 0.05) is 36.8 Å². The van der Waals surface area contributed by atoms with Crippen molar-refractivity contribution in [3.05, 3.63) is 60.0 Å². The Balaban J connectivity index is 1.48. The van der Waals surface area contributed by atoms with Gasteiger partial charge in [-0.3, -0.25) is 9.59 Å². The molecule has 1 aliphatic rings. The summed E-state index contributed by atoms with van der Waals surface area (Å²) in [5.74, 6) is 0.337. The van der Waals surface area contributed by atoms with Gasteiger partial charge in [-0.15, -0.1) is 0 Å². The number of aromatic nitrogens is 2. The zero-order valence-corrected chi connectivity index (χ0v) is 16.4. The highest BCUT2D eigenvalue weighted by Crippen LogP contribution is 2.29. The highest BCUT2D eigenvalue weighted by Gasteiger charge is 2.35.